The molecule has 1 aromatic rings. The highest BCUT2D eigenvalue weighted by Gasteiger charge is 2.10. The van der Waals surface area contributed by atoms with Crippen molar-refractivity contribution in [1.82, 2.24) is 5.32 Å². The van der Waals surface area contributed by atoms with E-state index in [1.807, 2.05) is 37.4 Å². The van der Waals surface area contributed by atoms with Crippen LogP contribution in [0.1, 0.15) is 20.8 Å². The maximum Gasteiger partial charge on any atom is 0.319 e. The van der Waals surface area contributed by atoms with Crippen molar-refractivity contribution in [2.24, 2.45) is 5.92 Å². The molecule has 3 nitrogen and oxygen atoms in total. The number of carbonyl (C=O) groups is 1. The Bertz CT molecular complexity index is 379. The molecule has 1 unspecified atom stereocenters. The van der Waals surface area contributed by atoms with E-state index in [0.717, 1.165) is 10.6 Å². The summed E-state index contributed by atoms with van der Waals surface area (Å²) in [6.45, 7) is 6.17. The predicted octanol–water partition coefficient (Wildman–Crippen LogP) is 3.57. The maximum absolute atomic E-state index is 11.7. The van der Waals surface area contributed by atoms with Gasteiger partial charge in [0.2, 0.25) is 0 Å². The second-order valence-electron chi connectivity index (χ2n) is 4.36. The molecule has 1 atom stereocenters. The molecule has 0 bridgehead atoms. The smallest absolute Gasteiger partial charge is 0.319 e. The first-order valence-electron chi connectivity index (χ1n) is 5.74. The molecular formula is C13H20N2OS. The molecule has 2 N–H and O–H groups in total. The summed E-state index contributed by atoms with van der Waals surface area (Å²) in [5.41, 5.74) is 0.824. The first kappa shape index (κ1) is 13.9. The average Bonchev–Trinajstić information content (AvgIpc) is 2.28. The maximum atomic E-state index is 11.7. The molecule has 4 heteroatoms. The van der Waals surface area contributed by atoms with E-state index in [4.69, 9.17) is 0 Å². The van der Waals surface area contributed by atoms with Crippen molar-refractivity contribution in [2.45, 2.75) is 31.7 Å². The Morgan fingerprint density at radius 3 is 2.59 bits per heavy atom. The van der Waals surface area contributed by atoms with E-state index in [-0.39, 0.29) is 12.1 Å². The molecule has 1 rings (SSSR count). The summed E-state index contributed by atoms with van der Waals surface area (Å²) >= 11 is 1.66. The minimum Gasteiger partial charge on any atom is -0.335 e. The molecule has 0 heterocycles. The van der Waals surface area contributed by atoms with E-state index in [0.29, 0.717) is 5.92 Å². The van der Waals surface area contributed by atoms with Gasteiger partial charge in [-0.05, 0) is 37.3 Å². The van der Waals surface area contributed by atoms with Crippen molar-refractivity contribution in [2.75, 3.05) is 11.6 Å². The van der Waals surface area contributed by atoms with Crippen LogP contribution in [-0.2, 0) is 0 Å². The number of thioether (sulfide) groups is 1. The van der Waals surface area contributed by atoms with E-state index in [1.54, 1.807) is 11.8 Å². The summed E-state index contributed by atoms with van der Waals surface area (Å²) in [6.07, 6.45) is 2.01. The van der Waals surface area contributed by atoms with Crippen LogP contribution >= 0.6 is 11.8 Å². The average molecular weight is 252 g/mol. The van der Waals surface area contributed by atoms with E-state index in [1.165, 1.54) is 0 Å². The predicted molar refractivity (Wildman–Crippen MR) is 74.7 cm³/mol. The van der Waals surface area contributed by atoms with E-state index in [2.05, 4.69) is 24.5 Å². The number of rotatable bonds is 4. The molecule has 2 amide bonds. The fourth-order valence-electron chi connectivity index (χ4n) is 1.24. The van der Waals surface area contributed by atoms with Gasteiger partial charge in [-0.2, -0.15) is 0 Å². The molecule has 0 spiro atoms. The first-order chi connectivity index (χ1) is 8.02. The molecule has 0 radical (unpaired) electrons. The SMILES string of the molecule is CSc1cccc(NC(=O)NC(C)C(C)C)c1. The highest BCUT2D eigenvalue weighted by molar-refractivity contribution is 7.98. The van der Waals surface area contributed by atoms with Gasteiger partial charge in [-0.15, -0.1) is 11.8 Å². The van der Waals surface area contributed by atoms with Crippen LogP contribution in [0.4, 0.5) is 10.5 Å². The zero-order chi connectivity index (χ0) is 12.8. The van der Waals surface area contributed by atoms with Gasteiger partial charge >= 0.3 is 6.03 Å². The van der Waals surface area contributed by atoms with Crippen molar-refractivity contribution in [3.8, 4) is 0 Å². The van der Waals surface area contributed by atoms with Gasteiger partial charge in [0, 0.05) is 16.6 Å². The van der Waals surface area contributed by atoms with Crippen molar-refractivity contribution in [3.05, 3.63) is 24.3 Å². The molecule has 17 heavy (non-hydrogen) atoms. The number of urea groups is 1. The Kier molecular flexibility index (Phi) is 5.35. The Balaban J connectivity index is 2.55. The molecule has 94 valence electrons. The van der Waals surface area contributed by atoms with Crippen LogP contribution in [0, 0.1) is 5.92 Å². The summed E-state index contributed by atoms with van der Waals surface area (Å²) in [7, 11) is 0. The van der Waals surface area contributed by atoms with Gasteiger partial charge < -0.3 is 10.6 Å². The lowest BCUT2D eigenvalue weighted by atomic mass is 10.1. The van der Waals surface area contributed by atoms with E-state index in [9.17, 15) is 4.79 Å². The van der Waals surface area contributed by atoms with Crippen LogP contribution in [0.2, 0.25) is 0 Å². The third-order valence-corrected chi connectivity index (χ3v) is 3.41. The summed E-state index contributed by atoms with van der Waals surface area (Å²) in [4.78, 5) is 12.8. The number of hydrogen-bond donors (Lipinski definition) is 2. The van der Waals surface area contributed by atoms with Gasteiger partial charge in [-0.1, -0.05) is 19.9 Å². The molecule has 0 fully saturated rings. The molecule has 0 aliphatic heterocycles. The van der Waals surface area contributed by atoms with Crippen molar-refractivity contribution < 1.29 is 4.79 Å². The van der Waals surface area contributed by atoms with Crippen molar-refractivity contribution in [3.63, 3.8) is 0 Å². The minimum absolute atomic E-state index is 0.149. The zero-order valence-electron chi connectivity index (χ0n) is 10.8. The molecular weight excluding hydrogens is 232 g/mol. The number of hydrogen-bond acceptors (Lipinski definition) is 2. The Morgan fingerprint density at radius 1 is 1.29 bits per heavy atom. The van der Waals surface area contributed by atoms with Crippen LogP contribution in [0.15, 0.2) is 29.2 Å². The minimum atomic E-state index is -0.149. The van der Waals surface area contributed by atoms with Crippen LogP contribution in [0.25, 0.3) is 0 Å². The quantitative estimate of drug-likeness (QED) is 0.804. The van der Waals surface area contributed by atoms with Gasteiger partial charge in [0.05, 0.1) is 0 Å². The lowest BCUT2D eigenvalue weighted by Crippen LogP contribution is -2.38. The third-order valence-electron chi connectivity index (χ3n) is 2.69. The summed E-state index contributed by atoms with van der Waals surface area (Å²) in [5.74, 6) is 0.429. The largest absolute Gasteiger partial charge is 0.335 e. The molecule has 0 aromatic heterocycles. The van der Waals surface area contributed by atoms with Gasteiger partial charge in [0.1, 0.15) is 0 Å². The number of nitrogens with one attached hydrogen (secondary N) is 2. The standard InChI is InChI=1S/C13H20N2OS/c1-9(2)10(3)14-13(16)15-11-6-5-7-12(8-11)17-4/h5-10H,1-4H3,(H2,14,15,16). The topological polar surface area (TPSA) is 41.1 Å². The second kappa shape index (κ2) is 6.55. The van der Waals surface area contributed by atoms with Gasteiger partial charge in [0.15, 0.2) is 0 Å². The lowest BCUT2D eigenvalue weighted by molar-refractivity contribution is 0.246. The van der Waals surface area contributed by atoms with E-state index >= 15 is 0 Å². The number of benzene rings is 1. The Morgan fingerprint density at radius 2 is 2.00 bits per heavy atom. The van der Waals surface area contributed by atoms with Gasteiger partial charge in [-0.3, -0.25) is 0 Å². The summed E-state index contributed by atoms with van der Waals surface area (Å²) in [6, 6.07) is 7.82. The summed E-state index contributed by atoms with van der Waals surface area (Å²) < 4.78 is 0. The summed E-state index contributed by atoms with van der Waals surface area (Å²) in [5, 5.41) is 5.75. The fourth-order valence-corrected chi connectivity index (χ4v) is 1.70. The Labute approximate surface area is 107 Å². The lowest BCUT2D eigenvalue weighted by Gasteiger charge is -2.17. The first-order valence-corrected chi connectivity index (χ1v) is 6.97. The van der Waals surface area contributed by atoms with Crippen LogP contribution in [-0.4, -0.2) is 18.3 Å². The highest BCUT2D eigenvalue weighted by atomic mass is 32.2. The normalized spacial score (nSPS) is 12.3. The monoisotopic (exact) mass is 252 g/mol. The zero-order valence-corrected chi connectivity index (χ0v) is 11.6. The molecule has 0 aliphatic rings. The molecule has 1 aromatic carbocycles. The van der Waals surface area contributed by atoms with Gasteiger partial charge in [-0.25, -0.2) is 4.79 Å². The fraction of sp³-hybridized carbons (Fsp3) is 0.462. The number of anilines is 1. The number of amides is 2. The van der Waals surface area contributed by atoms with Crippen LogP contribution < -0.4 is 10.6 Å². The number of carbonyl (C=O) groups excluding carboxylic acids is 1. The Hall–Kier alpha value is -1.16. The van der Waals surface area contributed by atoms with Crippen molar-refractivity contribution in [1.29, 1.82) is 0 Å². The highest BCUT2D eigenvalue weighted by Crippen LogP contribution is 2.18. The molecule has 0 aliphatic carbocycles. The van der Waals surface area contributed by atoms with Crippen molar-refractivity contribution >= 4 is 23.5 Å². The second-order valence-corrected chi connectivity index (χ2v) is 5.24. The molecule has 0 saturated heterocycles. The third kappa shape index (κ3) is 4.69. The van der Waals surface area contributed by atoms with Gasteiger partial charge in [0.25, 0.3) is 0 Å². The molecule has 0 saturated carbocycles. The van der Waals surface area contributed by atoms with E-state index < -0.39 is 0 Å². The van der Waals surface area contributed by atoms with Crippen LogP contribution in [0.3, 0.4) is 0 Å². The van der Waals surface area contributed by atoms with Crippen LogP contribution in [0.5, 0.6) is 0 Å².